The van der Waals surface area contributed by atoms with Crippen molar-refractivity contribution < 1.29 is 9.59 Å². The van der Waals surface area contributed by atoms with E-state index < -0.39 is 0 Å². The monoisotopic (exact) mass is 288 g/mol. The van der Waals surface area contributed by atoms with Gasteiger partial charge in [-0.15, -0.1) is 0 Å². The van der Waals surface area contributed by atoms with Gasteiger partial charge < -0.3 is 10.2 Å². The van der Waals surface area contributed by atoms with Crippen molar-refractivity contribution >= 4 is 11.8 Å². The van der Waals surface area contributed by atoms with E-state index >= 15 is 0 Å². The Morgan fingerprint density at radius 3 is 2.52 bits per heavy atom. The lowest BCUT2D eigenvalue weighted by molar-refractivity contribution is -0.131. The van der Waals surface area contributed by atoms with Gasteiger partial charge in [0.15, 0.2) is 0 Å². The average Bonchev–Trinajstić information content (AvgIpc) is 2.78. The molecule has 21 heavy (non-hydrogen) atoms. The molecule has 0 saturated carbocycles. The second kappa shape index (κ2) is 6.29. The Hall–Kier alpha value is -1.84. The molecule has 4 heteroatoms. The van der Waals surface area contributed by atoms with Crippen LogP contribution in [0.4, 0.5) is 0 Å². The molecule has 1 aromatic rings. The molecular formula is C17H24N2O2. The maximum absolute atomic E-state index is 12.0. The summed E-state index contributed by atoms with van der Waals surface area (Å²) < 4.78 is 0. The van der Waals surface area contributed by atoms with Gasteiger partial charge in [-0.3, -0.25) is 9.59 Å². The van der Waals surface area contributed by atoms with E-state index in [0.717, 1.165) is 12.0 Å². The van der Waals surface area contributed by atoms with E-state index in [1.54, 1.807) is 0 Å². The van der Waals surface area contributed by atoms with E-state index in [-0.39, 0.29) is 23.4 Å². The highest BCUT2D eigenvalue weighted by atomic mass is 16.2. The zero-order valence-electron chi connectivity index (χ0n) is 13.1. The summed E-state index contributed by atoms with van der Waals surface area (Å²) in [4.78, 5) is 25.8. The topological polar surface area (TPSA) is 49.4 Å². The van der Waals surface area contributed by atoms with Crippen molar-refractivity contribution in [3.8, 4) is 0 Å². The minimum Gasteiger partial charge on any atom is -0.351 e. The largest absolute Gasteiger partial charge is 0.351 e. The van der Waals surface area contributed by atoms with Gasteiger partial charge in [0.1, 0.15) is 0 Å². The minimum atomic E-state index is -0.180. The van der Waals surface area contributed by atoms with E-state index in [0.29, 0.717) is 19.4 Å². The van der Waals surface area contributed by atoms with Gasteiger partial charge in [-0.05, 0) is 32.8 Å². The molecule has 2 amide bonds. The van der Waals surface area contributed by atoms with Gasteiger partial charge in [0, 0.05) is 24.9 Å². The number of likely N-dealkylation sites (tertiary alicyclic amines) is 1. The third kappa shape index (κ3) is 4.31. The van der Waals surface area contributed by atoms with E-state index in [1.807, 2.05) is 56.0 Å². The summed E-state index contributed by atoms with van der Waals surface area (Å²) >= 11 is 0. The fourth-order valence-corrected chi connectivity index (χ4v) is 2.65. The van der Waals surface area contributed by atoms with Crippen molar-refractivity contribution in [3.63, 3.8) is 0 Å². The van der Waals surface area contributed by atoms with E-state index in [4.69, 9.17) is 0 Å². The summed E-state index contributed by atoms with van der Waals surface area (Å²) in [7, 11) is 0. The molecule has 1 atom stereocenters. The van der Waals surface area contributed by atoms with E-state index in [2.05, 4.69) is 5.32 Å². The molecule has 4 nitrogen and oxygen atoms in total. The molecule has 1 aliphatic rings. The van der Waals surface area contributed by atoms with Crippen LogP contribution < -0.4 is 5.32 Å². The first-order valence-corrected chi connectivity index (χ1v) is 7.50. The smallest absolute Gasteiger partial charge is 0.225 e. The lowest BCUT2D eigenvalue weighted by Gasteiger charge is -2.32. The van der Waals surface area contributed by atoms with Crippen molar-refractivity contribution in [1.82, 2.24) is 10.2 Å². The number of rotatable bonds is 4. The molecule has 0 bridgehead atoms. The Morgan fingerprint density at radius 1 is 1.29 bits per heavy atom. The van der Waals surface area contributed by atoms with Crippen LogP contribution in [0.3, 0.4) is 0 Å². The molecule has 1 saturated heterocycles. The number of hydrogen-bond acceptors (Lipinski definition) is 2. The highest BCUT2D eigenvalue weighted by Gasteiger charge is 2.36. The van der Waals surface area contributed by atoms with Crippen LogP contribution in [0.25, 0.3) is 0 Å². The van der Waals surface area contributed by atoms with Gasteiger partial charge in [-0.1, -0.05) is 30.3 Å². The van der Waals surface area contributed by atoms with E-state index in [9.17, 15) is 9.59 Å². The van der Waals surface area contributed by atoms with Crippen LogP contribution in [0.5, 0.6) is 0 Å². The summed E-state index contributed by atoms with van der Waals surface area (Å²) in [5.41, 5.74) is 0.979. The second-order valence-electron chi connectivity index (χ2n) is 6.63. The number of nitrogens with zero attached hydrogens (tertiary/aromatic N) is 1. The van der Waals surface area contributed by atoms with Crippen LogP contribution in [0.1, 0.15) is 39.2 Å². The second-order valence-corrected chi connectivity index (χ2v) is 6.63. The van der Waals surface area contributed by atoms with Gasteiger partial charge in [0.2, 0.25) is 11.8 Å². The normalized spacial score (nSPS) is 18.9. The third-order valence-electron chi connectivity index (χ3n) is 3.78. The Labute approximate surface area is 126 Å². The van der Waals surface area contributed by atoms with E-state index in [1.165, 1.54) is 0 Å². The molecule has 1 N–H and O–H groups in total. The molecule has 0 spiro atoms. The first-order chi connectivity index (χ1) is 9.86. The maximum atomic E-state index is 12.0. The minimum absolute atomic E-state index is 0.0208. The average molecular weight is 288 g/mol. The maximum Gasteiger partial charge on any atom is 0.225 e. The van der Waals surface area contributed by atoms with Crippen molar-refractivity contribution in [2.75, 3.05) is 6.54 Å². The zero-order chi connectivity index (χ0) is 15.5. The third-order valence-corrected chi connectivity index (χ3v) is 3.78. The molecule has 0 aromatic heterocycles. The van der Waals surface area contributed by atoms with Crippen molar-refractivity contribution in [2.45, 2.75) is 51.6 Å². The van der Waals surface area contributed by atoms with Crippen LogP contribution in [-0.2, 0) is 16.0 Å². The van der Waals surface area contributed by atoms with Gasteiger partial charge in [0.25, 0.3) is 0 Å². The number of amides is 2. The molecule has 114 valence electrons. The molecular weight excluding hydrogens is 264 g/mol. The molecule has 0 radical (unpaired) electrons. The number of benzene rings is 1. The molecule has 1 aliphatic heterocycles. The highest BCUT2D eigenvalue weighted by molar-refractivity contribution is 5.82. The summed E-state index contributed by atoms with van der Waals surface area (Å²) in [6, 6.07) is 9.91. The molecule has 1 heterocycles. The molecule has 1 aromatic carbocycles. The van der Waals surface area contributed by atoms with Crippen molar-refractivity contribution in [3.05, 3.63) is 35.9 Å². The Morgan fingerprint density at radius 2 is 1.95 bits per heavy atom. The number of carbonyl (C=O) groups is 2. The summed E-state index contributed by atoms with van der Waals surface area (Å²) in [5.74, 6) is 0.142. The Balaban J connectivity index is 1.80. The van der Waals surface area contributed by atoms with Crippen LogP contribution in [0, 0.1) is 0 Å². The fraction of sp³-hybridized carbons (Fsp3) is 0.529. The first kappa shape index (κ1) is 15.5. The predicted octanol–water partition coefficient (Wildman–Crippen LogP) is 2.13. The molecule has 1 unspecified atom stereocenters. The van der Waals surface area contributed by atoms with Gasteiger partial charge in [-0.2, -0.15) is 0 Å². The first-order valence-electron chi connectivity index (χ1n) is 7.50. The number of nitrogens with one attached hydrogen (secondary N) is 1. The number of aryl methyl sites for hydroxylation is 1. The van der Waals surface area contributed by atoms with Gasteiger partial charge in [0.05, 0.1) is 6.04 Å². The summed E-state index contributed by atoms with van der Waals surface area (Å²) in [5, 5.41) is 2.98. The molecule has 1 fully saturated rings. The molecule has 2 rings (SSSR count). The highest BCUT2D eigenvalue weighted by Crippen LogP contribution is 2.21. The SMILES string of the molecule is CC(C)(C)N1CC(NC(=O)CCc2ccccc2)CC1=O. The van der Waals surface area contributed by atoms with Gasteiger partial charge >= 0.3 is 0 Å². The molecule has 0 aliphatic carbocycles. The van der Waals surface area contributed by atoms with Crippen LogP contribution >= 0.6 is 0 Å². The van der Waals surface area contributed by atoms with Crippen LogP contribution in [0.2, 0.25) is 0 Å². The Kier molecular flexibility index (Phi) is 4.66. The standard InChI is InChI=1S/C17H24N2O2/c1-17(2,3)19-12-14(11-16(19)21)18-15(20)10-9-13-7-5-4-6-8-13/h4-8,14H,9-12H2,1-3H3,(H,18,20). The quantitative estimate of drug-likeness (QED) is 0.922. The summed E-state index contributed by atoms with van der Waals surface area (Å²) in [6.07, 6.45) is 1.61. The lowest BCUT2D eigenvalue weighted by atomic mass is 10.1. The van der Waals surface area contributed by atoms with Crippen LogP contribution in [0.15, 0.2) is 30.3 Å². The lowest BCUT2D eigenvalue weighted by Crippen LogP contribution is -2.44. The predicted molar refractivity (Wildman–Crippen MR) is 82.8 cm³/mol. The number of carbonyl (C=O) groups excluding carboxylic acids is 2. The van der Waals surface area contributed by atoms with Gasteiger partial charge in [-0.25, -0.2) is 0 Å². The van der Waals surface area contributed by atoms with Crippen LogP contribution in [-0.4, -0.2) is 34.8 Å². The van der Waals surface area contributed by atoms with Crippen molar-refractivity contribution in [1.29, 1.82) is 0 Å². The summed E-state index contributed by atoms with van der Waals surface area (Å²) in [6.45, 7) is 6.67. The number of hydrogen-bond donors (Lipinski definition) is 1. The van der Waals surface area contributed by atoms with Crippen molar-refractivity contribution in [2.24, 2.45) is 0 Å². The fourth-order valence-electron chi connectivity index (χ4n) is 2.65. The zero-order valence-corrected chi connectivity index (χ0v) is 13.1. The Bertz CT molecular complexity index is 505.